The largest absolute Gasteiger partial charge is 0.377 e. The van der Waals surface area contributed by atoms with Crippen LogP contribution in [-0.2, 0) is 4.74 Å². The van der Waals surface area contributed by atoms with Crippen LogP contribution in [0.5, 0.6) is 0 Å². The molecule has 1 atom stereocenters. The van der Waals surface area contributed by atoms with Gasteiger partial charge in [0, 0.05) is 38.3 Å². The van der Waals surface area contributed by atoms with Crippen LogP contribution in [0.25, 0.3) is 5.82 Å². The van der Waals surface area contributed by atoms with E-state index in [1.807, 2.05) is 30.2 Å². The van der Waals surface area contributed by atoms with Crippen molar-refractivity contribution in [2.75, 3.05) is 19.7 Å². The first-order valence-corrected chi connectivity index (χ1v) is 7.63. The minimum Gasteiger partial charge on any atom is -0.377 e. The molecule has 0 saturated carbocycles. The number of carbonyl (C=O) groups excluding carboxylic acids is 1. The maximum atomic E-state index is 12.6. The Morgan fingerprint density at radius 2 is 2.36 bits per heavy atom. The second-order valence-corrected chi connectivity index (χ2v) is 5.35. The van der Waals surface area contributed by atoms with Crippen LogP contribution >= 0.6 is 0 Å². The molecule has 3 heterocycles. The predicted molar refractivity (Wildman–Crippen MR) is 81.9 cm³/mol. The summed E-state index contributed by atoms with van der Waals surface area (Å²) in [5.74, 6) is 0.772. The van der Waals surface area contributed by atoms with E-state index in [0.29, 0.717) is 18.7 Å². The molecular weight excluding hydrogens is 280 g/mol. The summed E-state index contributed by atoms with van der Waals surface area (Å²) in [5.41, 5.74) is 0.612. The van der Waals surface area contributed by atoms with Crippen molar-refractivity contribution in [3.8, 4) is 5.82 Å². The van der Waals surface area contributed by atoms with E-state index in [9.17, 15) is 4.79 Å². The third-order valence-electron chi connectivity index (χ3n) is 3.83. The molecule has 1 fully saturated rings. The van der Waals surface area contributed by atoms with Gasteiger partial charge in [-0.2, -0.15) is 0 Å². The van der Waals surface area contributed by atoms with E-state index in [0.717, 1.165) is 25.2 Å². The van der Waals surface area contributed by atoms with Crippen LogP contribution in [0.2, 0.25) is 0 Å². The van der Waals surface area contributed by atoms with Crippen molar-refractivity contribution in [1.29, 1.82) is 0 Å². The zero-order chi connectivity index (χ0) is 15.4. The lowest BCUT2D eigenvalue weighted by molar-refractivity contribution is 0.00723. The molecular formula is C16H20N4O2. The van der Waals surface area contributed by atoms with Gasteiger partial charge in [-0.25, -0.2) is 9.97 Å². The van der Waals surface area contributed by atoms with Crippen LogP contribution in [0.4, 0.5) is 0 Å². The Balaban J connectivity index is 1.69. The van der Waals surface area contributed by atoms with Gasteiger partial charge in [-0.15, -0.1) is 0 Å². The van der Waals surface area contributed by atoms with Crippen molar-refractivity contribution in [3.05, 3.63) is 42.6 Å². The Morgan fingerprint density at radius 3 is 3.05 bits per heavy atom. The van der Waals surface area contributed by atoms with Crippen LogP contribution in [0, 0.1) is 0 Å². The minimum atomic E-state index is 0.0223. The van der Waals surface area contributed by atoms with Crippen molar-refractivity contribution < 1.29 is 9.53 Å². The first-order chi connectivity index (χ1) is 10.8. The van der Waals surface area contributed by atoms with E-state index in [-0.39, 0.29) is 12.0 Å². The smallest absolute Gasteiger partial charge is 0.255 e. The number of imidazole rings is 1. The van der Waals surface area contributed by atoms with Gasteiger partial charge in [0.25, 0.3) is 5.91 Å². The van der Waals surface area contributed by atoms with Crippen LogP contribution < -0.4 is 0 Å². The molecule has 6 heteroatoms. The molecule has 0 N–H and O–H groups in total. The highest BCUT2D eigenvalue weighted by molar-refractivity contribution is 5.94. The van der Waals surface area contributed by atoms with E-state index in [2.05, 4.69) is 9.97 Å². The molecule has 1 aliphatic rings. The van der Waals surface area contributed by atoms with E-state index < -0.39 is 0 Å². The Hall–Kier alpha value is -2.21. The average molecular weight is 300 g/mol. The molecule has 1 aliphatic heterocycles. The number of amides is 1. The quantitative estimate of drug-likeness (QED) is 0.865. The molecule has 0 bridgehead atoms. The molecule has 22 heavy (non-hydrogen) atoms. The molecule has 6 nitrogen and oxygen atoms in total. The maximum absolute atomic E-state index is 12.6. The number of ether oxygens (including phenoxy) is 1. The number of pyridine rings is 1. The standard InChI is InChI=1S/C16H20N4O2/c1-2-22-14-4-3-8-19(11-14)16(21)13-5-6-15(18-10-13)20-9-7-17-12-20/h5-7,9-10,12,14H,2-4,8,11H2,1H3/t14-/m1/s1. The van der Waals surface area contributed by atoms with E-state index in [1.54, 1.807) is 23.3 Å². The summed E-state index contributed by atoms with van der Waals surface area (Å²) in [6.45, 7) is 4.12. The Labute approximate surface area is 129 Å². The van der Waals surface area contributed by atoms with Gasteiger partial charge in [-0.05, 0) is 31.9 Å². The number of piperidine rings is 1. The lowest BCUT2D eigenvalue weighted by atomic mass is 10.1. The molecule has 0 aromatic carbocycles. The number of nitrogens with zero attached hydrogens (tertiary/aromatic N) is 4. The number of rotatable bonds is 4. The molecule has 0 unspecified atom stereocenters. The van der Waals surface area contributed by atoms with Crippen molar-refractivity contribution in [2.24, 2.45) is 0 Å². The molecule has 2 aromatic rings. The van der Waals surface area contributed by atoms with Gasteiger partial charge >= 0.3 is 0 Å². The molecule has 0 spiro atoms. The fraction of sp³-hybridized carbons (Fsp3) is 0.438. The molecule has 0 radical (unpaired) electrons. The number of carbonyl (C=O) groups is 1. The summed E-state index contributed by atoms with van der Waals surface area (Å²) >= 11 is 0. The molecule has 3 rings (SSSR count). The Kier molecular flexibility index (Phi) is 4.48. The van der Waals surface area contributed by atoms with Gasteiger partial charge in [0.2, 0.25) is 0 Å². The summed E-state index contributed by atoms with van der Waals surface area (Å²) in [6.07, 6.45) is 8.99. The number of aromatic nitrogens is 3. The topological polar surface area (TPSA) is 60.2 Å². The molecule has 1 amide bonds. The third kappa shape index (κ3) is 3.17. The summed E-state index contributed by atoms with van der Waals surface area (Å²) in [4.78, 5) is 22.7. The summed E-state index contributed by atoms with van der Waals surface area (Å²) in [6, 6.07) is 3.65. The first-order valence-electron chi connectivity index (χ1n) is 7.63. The van der Waals surface area contributed by atoms with Gasteiger partial charge < -0.3 is 9.64 Å². The fourth-order valence-electron chi connectivity index (χ4n) is 2.74. The van der Waals surface area contributed by atoms with Crippen molar-refractivity contribution in [2.45, 2.75) is 25.9 Å². The highest BCUT2D eigenvalue weighted by Gasteiger charge is 2.24. The zero-order valence-corrected chi connectivity index (χ0v) is 12.7. The van der Waals surface area contributed by atoms with Gasteiger partial charge in [0.1, 0.15) is 12.1 Å². The SMILES string of the molecule is CCO[C@@H]1CCCN(C(=O)c2ccc(-n3ccnc3)nc2)C1. The number of hydrogen-bond acceptors (Lipinski definition) is 4. The van der Waals surface area contributed by atoms with E-state index >= 15 is 0 Å². The summed E-state index contributed by atoms with van der Waals surface area (Å²) < 4.78 is 7.45. The summed E-state index contributed by atoms with van der Waals surface area (Å²) in [7, 11) is 0. The van der Waals surface area contributed by atoms with Crippen LogP contribution in [-0.4, -0.2) is 51.1 Å². The second-order valence-electron chi connectivity index (χ2n) is 5.35. The van der Waals surface area contributed by atoms with Crippen molar-refractivity contribution in [3.63, 3.8) is 0 Å². The monoisotopic (exact) mass is 300 g/mol. The highest BCUT2D eigenvalue weighted by atomic mass is 16.5. The number of hydrogen-bond donors (Lipinski definition) is 0. The van der Waals surface area contributed by atoms with Gasteiger partial charge in [0.15, 0.2) is 0 Å². The normalized spacial score (nSPS) is 18.4. The van der Waals surface area contributed by atoms with Crippen LogP contribution in [0.1, 0.15) is 30.1 Å². The lowest BCUT2D eigenvalue weighted by Gasteiger charge is -2.32. The fourth-order valence-corrected chi connectivity index (χ4v) is 2.74. The summed E-state index contributed by atoms with van der Waals surface area (Å²) in [5, 5.41) is 0. The van der Waals surface area contributed by atoms with E-state index in [4.69, 9.17) is 4.74 Å². The molecule has 116 valence electrons. The molecule has 0 aliphatic carbocycles. The Morgan fingerprint density at radius 1 is 1.45 bits per heavy atom. The maximum Gasteiger partial charge on any atom is 0.255 e. The minimum absolute atomic E-state index is 0.0223. The lowest BCUT2D eigenvalue weighted by Crippen LogP contribution is -2.43. The predicted octanol–water partition coefficient (Wildman–Crippen LogP) is 1.91. The zero-order valence-electron chi connectivity index (χ0n) is 12.7. The average Bonchev–Trinajstić information content (AvgIpc) is 3.09. The van der Waals surface area contributed by atoms with Crippen molar-refractivity contribution in [1.82, 2.24) is 19.4 Å². The van der Waals surface area contributed by atoms with Gasteiger partial charge in [0.05, 0.1) is 11.7 Å². The first kappa shape index (κ1) is 14.7. The molecule has 1 saturated heterocycles. The molecule has 2 aromatic heterocycles. The highest BCUT2D eigenvalue weighted by Crippen LogP contribution is 2.16. The Bertz CT molecular complexity index is 608. The number of likely N-dealkylation sites (tertiary alicyclic amines) is 1. The van der Waals surface area contributed by atoms with Crippen molar-refractivity contribution >= 4 is 5.91 Å². The van der Waals surface area contributed by atoms with Gasteiger partial charge in [-0.3, -0.25) is 9.36 Å². The van der Waals surface area contributed by atoms with Gasteiger partial charge in [-0.1, -0.05) is 0 Å². The van der Waals surface area contributed by atoms with Crippen LogP contribution in [0.3, 0.4) is 0 Å². The second kappa shape index (κ2) is 6.70. The van der Waals surface area contributed by atoms with Crippen LogP contribution in [0.15, 0.2) is 37.1 Å². The van der Waals surface area contributed by atoms with E-state index in [1.165, 1.54) is 0 Å². The third-order valence-corrected chi connectivity index (χ3v) is 3.83.